The Labute approximate surface area is 151 Å². The van der Waals surface area contributed by atoms with E-state index in [9.17, 15) is 19.7 Å². The summed E-state index contributed by atoms with van der Waals surface area (Å²) in [4.78, 5) is 40.5. The molecule has 2 aliphatic rings. The summed E-state index contributed by atoms with van der Waals surface area (Å²) in [5.41, 5.74) is 0.337. The number of likely N-dealkylation sites (tertiary alicyclic amines) is 1. The molecule has 26 heavy (non-hydrogen) atoms. The summed E-state index contributed by atoms with van der Waals surface area (Å²) in [6.07, 6.45) is 2.16. The van der Waals surface area contributed by atoms with E-state index in [0.717, 1.165) is 25.9 Å². The fraction of sp³-hybridized carbons (Fsp3) is 0.529. The smallest absolute Gasteiger partial charge is 0.321 e. The maximum atomic E-state index is 12.3. The fourth-order valence-corrected chi connectivity index (χ4v) is 3.27. The predicted octanol–water partition coefficient (Wildman–Crippen LogP) is 1.37. The lowest BCUT2D eigenvalue weighted by Gasteiger charge is -2.34. The van der Waals surface area contributed by atoms with E-state index in [1.165, 1.54) is 18.2 Å². The predicted molar refractivity (Wildman–Crippen MR) is 95.9 cm³/mol. The molecule has 0 bridgehead atoms. The molecule has 3 amide bonds. The van der Waals surface area contributed by atoms with Crippen LogP contribution in [-0.4, -0.2) is 77.4 Å². The van der Waals surface area contributed by atoms with Crippen molar-refractivity contribution in [3.8, 4) is 0 Å². The third-order valence-corrected chi connectivity index (χ3v) is 4.79. The average molecular weight is 361 g/mol. The van der Waals surface area contributed by atoms with Crippen LogP contribution in [0.5, 0.6) is 0 Å². The highest BCUT2D eigenvalue weighted by atomic mass is 16.6. The van der Waals surface area contributed by atoms with Crippen LogP contribution < -0.4 is 5.32 Å². The number of carbonyl (C=O) groups is 2. The molecule has 1 N–H and O–H groups in total. The molecule has 2 saturated heterocycles. The van der Waals surface area contributed by atoms with Crippen LogP contribution in [0.3, 0.4) is 0 Å². The molecular formula is C17H23N5O4. The number of piperazine rings is 1. The monoisotopic (exact) mass is 361 g/mol. The van der Waals surface area contributed by atoms with Crippen LogP contribution in [0.25, 0.3) is 0 Å². The first-order chi connectivity index (χ1) is 12.5. The van der Waals surface area contributed by atoms with Gasteiger partial charge in [-0.1, -0.05) is 6.07 Å². The number of anilines is 1. The van der Waals surface area contributed by atoms with Gasteiger partial charge < -0.3 is 15.1 Å². The minimum atomic E-state index is -0.494. The number of benzene rings is 1. The van der Waals surface area contributed by atoms with Crippen LogP contribution in [0.2, 0.25) is 0 Å². The van der Waals surface area contributed by atoms with Gasteiger partial charge in [-0.05, 0) is 18.9 Å². The van der Waals surface area contributed by atoms with Crippen molar-refractivity contribution in [1.82, 2.24) is 14.7 Å². The van der Waals surface area contributed by atoms with Crippen molar-refractivity contribution >= 4 is 23.3 Å². The average Bonchev–Trinajstić information content (AvgIpc) is 3.17. The lowest BCUT2D eigenvalue weighted by Crippen LogP contribution is -2.52. The molecule has 0 aromatic heterocycles. The fourth-order valence-electron chi connectivity index (χ4n) is 3.27. The molecule has 0 spiro atoms. The first-order valence-electron chi connectivity index (χ1n) is 8.83. The van der Waals surface area contributed by atoms with Gasteiger partial charge in [0.05, 0.1) is 11.5 Å². The summed E-state index contributed by atoms with van der Waals surface area (Å²) in [5.74, 6) is 0.164. The summed E-state index contributed by atoms with van der Waals surface area (Å²) in [7, 11) is 0. The zero-order valence-corrected chi connectivity index (χ0v) is 14.6. The molecule has 2 heterocycles. The minimum Gasteiger partial charge on any atom is -0.342 e. The number of nitro groups is 1. The van der Waals surface area contributed by atoms with E-state index in [0.29, 0.717) is 38.4 Å². The second-order valence-electron chi connectivity index (χ2n) is 6.59. The molecule has 3 rings (SSSR count). The maximum Gasteiger partial charge on any atom is 0.321 e. The van der Waals surface area contributed by atoms with Crippen molar-refractivity contribution in [2.75, 3.05) is 51.1 Å². The Kier molecular flexibility index (Phi) is 5.67. The van der Waals surface area contributed by atoms with E-state index in [1.807, 2.05) is 4.90 Å². The van der Waals surface area contributed by atoms with E-state index >= 15 is 0 Å². The summed E-state index contributed by atoms with van der Waals surface area (Å²) in [6, 6.07) is 5.59. The first kappa shape index (κ1) is 18.1. The summed E-state index contributed by atoms with van der Waals surface area (Å²) >= 11 is 0. The number of hydrogen-bond acceptors (Lipinski definition) is 5. The Hall–Kier alpha value is -2.68. The highest BCUT2D eigenvalue weighted by Crippen LogP contribution is 2.18. The number of carbonyl (C=O) groups excluding carboxylic acids is 2. The topological polar surface area (TPSA) is 99.0 Å². The third-order valence-electron chi connectivity index (χ3n) is 4.79. The second-order valence-corrected chi connectivity index (χ2v) is 6.59. The van der Waals surface area contributed by atoms with Gasteiger partial charge in [-0.2, -0.15) is 0 Å². The van der Waals surface area contributed by atoms with Gasteiger partial charge >= 0.3 is 6.03 Å². The molecule has 0 radical (unpaired) electrons. The second kappa shape index (κ2) is 8.13. The van der Waals surface area contributed by atoms with E-state index in [4.69, 9.17) is 0 Å². The van der Waals surface area contributed by atoms with Crippen LogP contribution in [-0.2, 0) is 4.79 Å². The van der Waals surface area contributed by atoms with Gasteiger partial charge in [0.25, 0.3) is 5.69 Å². The van der Waals surface area contributed by atoms with Gasteiger partial charge in [-0.25, -0.2) is 4.79 Å². The molecular weight excluding hydrogens is 338 g/mol. The third kappa shape index (κ3) is 4.48. The van der Waals surface area contributed by atoms with Crippen molar-refractivity contribution in [1.29, 1.82) is 0 Å². The first-order valence-corrected chi connectivity index (χ1v) is 8.83. The van der Waals surface area contributed by atoms with Crippen LogP contribution in [0.4, 0.5) is 16.2 Å². The van der Waals surface area contributed by atoms with Crippen molar-refractivity contribution in [3.63, 3.8) is 0 Å². The number of nitrogens with one attached hydrogen (secondary N) is 1. The Morgan fingerprint density at radius 2 is 1.73 bits per heavy atom. The van der Waals surface area contributed by atoms with Crippen molar-refractivity contribution in [3.05, 3.63) is 34.4 Å². The number of non-ortho nitro benzene ring substituents is 1. The summed E-state index contributed by atoms with van der Waals surface area (Å²) < 4.78 is 0. The van der Waals surface area contributed by atoms with Gasteiger partial charge in [-0.15, -0.1) is 0 Å². The molecule has 1 aromatic rings. The molecule has 9 heteroatoms. The van der Waals surface area contributed by atoms with E-state index in [-0.39, 0.29) is 17.6 Å². The minimum absolute atomic E-state index is 0.0620. The Morgan fingerprint density at radius 3 is 2.38 bits per heavy atom. The van der Waals surface area contributed by atoms with Gasteiger partial charge in [0.2, 0.25) is 5.91 Å². The Balaban J connectivity index is 1.46. The molecule has 1 aromatic carbocycles. The van der Waals surface area contributed by atoms with Crippen molar-refractivity contribution in [2.24, 2.45) is 0 Å². The van der Waals surface area contributed by atoms with Crippen LogP contribution in [0.1, 0.15) is 12.8 Å². The molecule has 0 aliphatic carbocycles. The number of hydrogen-bond donors (Lipinski definition) is 1. The van der Waals surface area contributed by atoms with Crippen molar-refractivity contribution in [2.45, 2.75) is 12.8 Å². The highest BCUT2D eigenvalue weighted by Gasteiger charge is 2.25. The molecule has 9 nitrogen and oxygen atoms in total. The van der Waals surface area contributed by atoms with E-state index in [2.05, 4.69) is 10.2 Å². The van der Waals surface area contributed by atoms with Crippen LogP contribution >= 0.6 is 0 Å². The number of urea groups is 1. The van der Waals surface area contributed by atoms with Crippen LogP contribution in [0, 0.1) is 10.1 Å². The van der Waals surface area contributed by atoms with Crippen LogP contribution in [0.15, 0.2) is 24.3 Å². The molecule has 2 aliphatic heterocycles. The quantitative estimate of drug-likeness (QED) is 0.645. The Bertz CT molecular complexity index is 681. The molecule has 0 saturated carbocycles. The number of nitro benzene ring substituents is 1. The zero-order valence-electron chi connectivity index (χ0n) is 14.6. The number of rotatable bonds is 4. The van der Waals surface area contributed by atoms with Gasteiger partial charge in [0.1, 0.15) is 0 Å². The van der Waals surface area contributed by atoms with E-state index < -0.39 is 4.92 Å². The highest BCUT2D eigenvalue weighted by molar-refractivity contribution is 5.89. The lowest BCUT2D eigenvalue weighted by molar-refractivity contribution is -0.384. The van der Waals surface area contributed by atoms with Gasteiger partial charge in [0.15, 0.2) is 0 Å². The summed E-state index contributed by atoms with van der Waals surface area (Å²) in [6.45, 7) is 4.43. The lowest BCUT2D eigenvalue weighted by atomic mass is 10.3. The standard InChI is InChI=1S/C17H23N5O4/c23-16(20-6-1-2-7-20)13-19-8-10-21(11-9-19)17(24)18-14-4-3-5-15(12-14)22(25)26/h3-5,12H,1-2,6-11,13H2,(H,18,24). The van der Waals surface area contributed by atoms with Gasteiger partial charge in [0, 0.05) is 57.1 Å². The molecule has 140 valence electrons. The number of nitrogens with zero attached hydrogens (tertiary/aromatic N) is 4. The zero-order chi connectivity index (χ0) is 18.5. The van der Waals surface area contributed by atoms with Gasteiger partial charge in [-0.3, -0.25) is 19.8 Å². The SMILES string of the molecule is O=C(CN1CCN(C(=O)Nc2cccc([N+](=O)[O-])c2)CC1)N1CCCC1. The van der Waals surface area contributed by atoms with Crippen molar-refractivity contribution < 1.29 is 14.5 Å². The maximum absolute atomic E-state index is 12.3. The van der Waals surface area contributed by atoms with E-state index in [1.54, 1.807) is 11.0 Å². The Morgan fingerprint density at radius 1 is 1.04 bits per heavy atom. The molecule has 0 unspecified atom stereocenters. The molecule has 0 atom stereocenters. The molecule has 2 fully saturated rings. The largest absolute Gasteiger partial charge is 0.342 e. The summed E-state index contributed by atoms with van der Waals surface area (Å²) in [5, 5.41) is 13.5. The normalized spacial score (nSPS) is 18.0. The number of amides is 3.